The van der Waals surface area contributed by atoms with E-state index in [1.54, 1.807) is 0 Å². The number of pyridine rings is 2. The molecule has 4 aliphatic rings. The number of fused-ring (bicyclic) bond motifs is 6. The molecule has 0 saturated heterocycles. The lowest BCUT2D eigenvalue weighted by atomic mass is 9.35. The summed E-state index contributed by atoms with van der Waals surface area (Å²) in [7, 11) is 0. The Labute approximate surface area is 285 Å². The summed E-state index contributed by atoms with van der Waals surface area (Å²) in [5.41, 5.74) is 13.6. The van der Waals surface area contributed by atoms with Crippen molar-refractivity contribution in [3.05, 3.63) is 101 Å². The topological polar surface area (TPSA) is 44.2 Å². The first kappa shape index (κ1) is 29.7. The van der Waals surface area contributed by atoms with Gasteiger partial charge in [0.1, 0.15) is 23.0 Å². The van der Waals surface area contributed by atoms with Gasteiger partial charge in [-0.05, 0) is 93.2 Å². The van der Waals surface area contributed by atoms with Gasteiger partial charge in [-0.3, -0.25) is 9.97 Å². The molecule has 2 aliphatic heterocycles. The van der Waals surface area contributed by atoms with Crippen LogP contribution in [0.4, 0.5) is 0 Å². The highest BCUT2D eigenvalue weighted by Gasteiger charge is 2.43. The second-order valence-electron chi connectivity index (χ2n) is 16.6. The summed E-state index contributed by atoms with van der Waals surface area (Å²) < 4.78 is 13.4. The van der Waals surface area contributed by atoms with Crippen LogP contribution in [0.2, 0.25) is 0 Å². The van der Waals surface area contributed by atoms with Crippen LogP contribution < -0.4 is 25.9 Å². The van der Waals surface area contributed by atoms with Gasteiger partial charge in [0.15, 0.2) is 0 Å². The number of aromatic nitrogens is 2. The molecule has 240 valence electrons. The molecule has 4 nitrogen and oxygen atoms in total. The minimum absolute atomic E-state index is 0.0654. The molecule has 9 rings (SSSR count). The third-order valence-electron chi connectivity index (χ3n) is 12.1. The molecular formula is C43H43BN2O2. The zero-order valence-electron chi connectivity index (χ0n) is 29.2. The van der Waals surface area contributed by atoms with Crippen molar-refractivity contribution < 1.29 is 9.47 Å². The monoisotopic (exact) mass is 630 g/mol. The molecule has 0 bridgehead atoms. The average Bonchev–Trinajstić information content (AvgIpc) is 3.07. The number of hydrogen-bond donors (Lipinski definition) is 0. The van der Waals surface area contributed by atoms with E-state index in [0.717, 1.165) is 57.2 Å². The Balaban J connectivity index is 1.17. The standard InChI is InChI=1S/C43H43BN2O2/c1-25-17-18-41(2,3)28-13-8-11-26(38(25)28)32-21-36-30(23-45-32)44-31-24-46-33(22-37(31)48-35-16-10-15-34(47-36)40(35)44)27-12-9-14-29-39(27)43(6,7)20-19-42(29,4)5/h8-16,21-25H,17-20H2,1-7H3. The Bertz CT molecular complexity index is 2160. The molecule has 48 heavy (non-hydrogen) atoms. The van der Waals surface area contributed by atoms with Gasteiger partial charge in [-0.25, -0.2) is 0 Å². The van der Waals surface area contributed by atoms with Gasteiger partial charge < -0.3 is 9.47 Å². The molecule has 0 N–H and O–H groups in total. The van der Waals surface area contributed by atoms with Crippen LogP contribution in [-0.4, -0.2) is 16.7 Å². The first-order valence-electron chi connectivity index (χ1n) is 17.7. The van der Waals surface area contributed by atoms with Crippen molar-refractivity contribution in [1.29, 1.82) is 0 Å². The average molecular weight is 631 g/mol. The van der Waals surface area contributed by atoms with Crippen molar-refractivity contribution in [2.45, 2.75) is 96.3 Å². The fraction of sp³-hybridized carbons (Fsp3) is 0.349. The summed E-state index contributed by atoms with van der Waals surface area (Å²) in [6.07, 6.45) is 8.79. The smallest absolute Gasteiger partial charge is 0.264 e. The minimum Gasteiger partial charge on any atom is -0.458 e. The van der Waals surface area contributed by atoms with E-state index in [2.05, 4.69) is 109 Å². The van der Waals surface area contributed by atoms with Crippen LogP contribution in [0, 0.1) is 0 Å². The van der Waals surface area contributed by atoms with Crippen LogP contribution in [0.1, 0.15) is 102 Å². The first-order valence-corrected chi connectivity index (χ1v) is 17.7. The molecule has 1 atom stereocenters. The van der Waals surface area contributed by atoms with Crippen LogP contribution in [0.25, 0.3) is 22.5 Å². The molecule has 2 aromatic heterocycles. The second-order valence-corrected chi connectivity index (χ2v) is 16.6. The lowest BCUT2D eigenvalue weighted by Gasteiger charge is -2.43. The molecular weight excluding hydrogens is 587 g/mol. The molecule has 3 aromatic carbocycles. The van der Waals surface area contributed by atoms with Gasteiger partial charge in [0.25, 0.3) is 6.71 Å². The summed E-state index contributed by atoms with van der Waals surface area (Å²) in [5, 5.41) is 0. The van der Waals surface area contributed by atoms with Gasteiger partial charge in [-0.2, -0.15) is 0 Å². The number of rotatable bonds is 2. The number of nitrogens with zero attached hydrogens (tertiary/aromatic N) is 2. The maximum atomic E-state index is 6.68. The maximum absolute atomic E-state index is 6.68. The molecule has 0 spiro atoms. The van der Waals surface area contributed by atoms with Gasteiger partial charge in [0.05, 0.1) is 11.4 Å². The molecule has 0 fully saturated rings. The predicted octanol–water partition coefficient (Wildman–Crippen LogP) is 9.06. The van der Waals surface area contributed by atoms with Crippen LogP contribution in [0.3, 0.4) is 0 Å². The van der Waals surface area contributed by atoms with Crippen LogP contribution >= 0.6 is 0 Å². The summed E-state index contributed by atoms with van der Waals surface area (Å²) in [6, 6.07) is 24.0. The summed E-state index contributed by atoms with van der Waals surface area (Å²) in [4.78, 5) is 10.3. The van der Waals surface area contributed by atoms with Crippen molar-refractivity contribution in [2.24, 2.45) is 0 Å². The van der Waals surface area contributed by atoms with Crippen LogP contribution in [0.5, 0.6) is 23.0 Å². The Hall–Kier alpha value is -4.38. The van der Waals surface area contributed by atoms with E-state index in [-0.39, 0.29) is 23.0 Å². The highest BCUT2D eigenvalue weighted by molar-refractivity contribution is 6.98. The van der Waals surface area contributed by atoms with Gasteiger partial charge in [-0.15, -0.1) is 0 Å². The molecule has 5 aromatic rings. The lowest BCUT2D eigenvalue weighted by Crippen LogP contribution is -2.57. The summed E-state index contributed by atoms with van der Waals surface area (Å²) in [6.45, 7) is 16.5. The zero-order valence-corrected chi connectivity index (χ0v) is 29.2. The van der Waals surface area contributed by atoms with Crippen molar-refractivity contribution in [3.63, 3.8) is 0 Å². The highest BCUT2D eigenvalue weighted by atomic mass is 16.5. The second kappa shape index (κ2) is 10.1. The molecule has 1 unspecified atom stereocenters. The normalized spacial score (nSPS) is 20.2. The Kier molecular flexibility index (Phi) is 6.24. The Morgan fingerprint density at radius 1 is 0.625 bits per heavy atom. The van der Waals surface area contributed by atoms with Gasteiger partial charge >= 0.3 is 0 Å². The van der Waals surface area contributed by atoms with E-state index in [0.29, 0.717) is 5.92 Å². The summed E-state index contributed by atoms with van der Waals surface area (Å²) in [5.74, 6) is 3.86. The lowest BCUT2D eigenvalue weighted by molar-refractivity contribution is 0.332. The van der Waals surface area contributed by atoms with Crippen molar-refractivity contribution in [2.75, 3.05) is 0 Å². The zero-order chi connectivity index (χ0) is 33.2. The Morgan fingerprint density at radius 2 is 1.17 bits per heavy atom. The van der Waals surface area contributed by atoms with Crippen molar-refractivity contribution in [3.8, 4) is 45.5 Å². The quantitative estimate of drug-likeness (QED) is 0.179. The van der Waals surface area contributed by atoms with E-state index < -0.39 is 0 Å². The van der Waals surface area contributed by atoms with E-state index >= 15 is 0 Å². The maximum Gasteiger partial charge on any atom is 0.264 e. The molecule has 5 heteroatoms. The van der Waals surface area contributed by atoms with Crippen molar-refractivity contribution in [1.82, 2.24) is 9.97 Å². The minimum atomic E-state index is -0.0746. The first-order chi connectivity index (χ1) is 22.9. The predicted molar refractivity (Wildman–Crippen MR) is 197 cm³/mol. The molecule has 0 saturated carbocycles. The molecule has 0 amide bonds. The number of ether oxygens (including phenoxy) is 2. The van der Waals surface area contributed by atoms with Gasteiger partial charge in [0, 0.05) is 41.1 Å². The highest BCUT2D eigenvalue weighted by Crippen LogP contribution is 2.50. The summed E-state index contributed by atoms with van der Waals surface area (Å²) >= 11 is 0. The van der Waals surface area contributed by atoms with Gasteiger partial charge in [-0.1, -0.05) is 90.9 Å². The largest absolute Gasteiger partial charge is 0.458 e. The molecule has 0 radical (unpaired) electrons. The third-order valence-corrected chi connectivity index (χ3v) is 12.1. The van der Waals surface area contributed by atoms with Gasteiger partial charge in [0.2, 0.25) is 0 Å². The van der Waals surface area contributed by atoms with E-state index in [1.165, 1.54) is 52.6 Å². The third kappa shape index (κ3) is 4.28. The number of hydrogen-bond acceptors (Lipinski definition) is 4. The number of benzene rings is 3. The van der Waals surface area contributed by atoms with E-state index in [4.69, 9.17) is 19.4 Å². The fourth-order valence-corrected chi connectivity index (χ4v) is 9.21. The molecule has 4 heterocycles. The van der Waals surface area contributed by atoms with E-state index in [1.807, 2.05) is 18.5 Å². The van der Waals surface area contributed by atoms with Crippen LogP contribution in [0.15, 0.2) is 79.1 Å². The van der Waals surface area contributed by atoms with E-state index in [9.17, 15) is 0 Å². The SMILES string of the molecule is CC1CCC(C)(C)c2cccc(-c3cc4c(cn3)B3c5cnc(-c6cccc7c6C(C)(C)CCC7(C)C)cc5Oc5cccc(c53)O4)c21. The Morgan fingerprint density at radius 3 is 1.83 bits per heavy atom. The van der Waals surface area contributed by atoms with Crippen molar-refractivity contribution >= 4 is 23.1 Å². The van der Waals surface area contributed by atoms with Crippen LogP contribution in [-0.2, 0) is 16.2 Å². The molecule has 2 aliphatic carbocycles. The fourth-order valence-electron chi connectivity index (χ4n) is 9.21.